The lowest BCUT2D eigenvalue weighted by Crippen LogP contribution is -2.29. The fourth-order valence-electron chi connectivity index (χ4n) is 1.18. The molecule has 6 nitrogen and oxygen atoms in total. The van der Waals surface area contributed by atoms with Gasteiger partial charge in [0, 0.05) is 19.0 Å². The Bertz CT molecular complexity index is 297. The smallest absolute Gasteiger partial charge is 0.320 e. The second kappa shape index (κ2) is 5.38. The normalized spacial score (nSPS) is 24.3. The third kappa shape index (κ3) is 4.01. The molecule has 1 fully saturated rings. The molecule has 2 rings (SSSR count). The summed E-state index contributed by atoms with van der Waals surface area (Å²) in [6.07, 6.45) is 1.26. The maximum absolute atomic E-state index is 10.2. The minimum atomic E-state index is -0.883. The molecule has 4 N–H and O–H groups in total. The van der Waals surface area contributed by atoms with Gasteiger partial charge in [0.2, 0.25) is 0 Å². The van der Waals surface area contributed by atoms with E-state index in [1.54, 1.807) is 6.07 Å². The van der Waals surface area contributed by atoms with E-state index in [9.17, 15) is 4.79 Å². The number of aliphatic hydroxyl groups is 1. The largest absolute Gasteiger partial charge is 0.481 e. The summed E-state index contributed by atoms with van der Waals surface area (Å²) in [6.45, 7) is 0.400. The molecule has 1 aliphatic rings. The summed E-state index contributed by atoms with van der Waals surface area (Å²) < 4.78 is 4.39. The van der Waals surface area contributed by atoms with Crippen LogP contribution in [0.4, 0.5) is 0 Å². The van der Waals surface area contributed by atoms with Crippen molar-refractivity contribution in [2.24, 2.45) is 0 Å². The minimum absolute atomic E-state index is 0.0324. The number of hydrogen-bond acceptors (Lipinski definition) is 5. The van der Waals surface area contributed by atoms with Gasteiger partial charge in [-0.15, -0.1) is 0 Å². The molecule has 0 spiro atoms. The second-order valence-corrected chi connectivity index (χ2v) is 3.14. The van der Waals surface area contributed by atoms with Crippen LogP contribution in [0.3, 0.4) is 0 Å². The summed E-state index contributed by atoms with van der Waals surface area (Å²) in [5, 5.41) is 28.1. The molecule has 0 aliphatic carbocycles. The van der Waals surface area contributed by atoms with Crippen molar-refractivity contribution in [3.05, 3.63) is 18.4 Å². The molecule has 0 bridgehead atoms. The zero-order chi connectivity index (χ0) is 11.3. The van der Waals surface area contributed by atoms with E-state index >= 15 is 0 Å². The number of carboxylic acid groups (broad SMARTS) is 1. The van der Waals surface area contributed by atoms with E-state index in [2.05, 4.69) is 9.73 Å². The van der Waals surface area contributed by atoms with Gasteiger partial charge in [0.15, 0.2) is 0 Å². The molecule has 0 radical (unpaired) electrons. The highest BCUT2D eigenvalue weighted by molar-refractivity contribution is 5.73. The van der Waals surface area contributed by atoms with Crippen molar-refractivity contribution in [1.82, 2.24) is 5.32 Å². The molecule has 0 saturated carbocycles. The molecule has 2 heterocycles. The quantitative estimate of drug-likeness (QED) is 0.516. The Hall–Kier alpha value is -1.53. The van der Waals surface area contributed by atoms with E-state index in [0.717, 1.165) is 0 Å². The number of hydrogen-bond donors (Lipinski definition) is 4. The zero-order valence-electron chi connectivity index (χ0n) is 7.96. The van der Waals surface area contributed by atoms with E-state index in [4.69, 9.17) is 15.3 Å². The number of aliphatic carboxylic acids is 1. The van der Waals surface area contributed by atoms with Gasteiger partial charge in [0.25, 0.3) is 5.95 Å². The number of aliphatic hydroxyl groups excluding tert-OH is 1. The van der Waals surface area contributed by atoms with Crippen molar-refractivity contribution in [2.75, 3.05) is 6.54 Å². The Kier molecular flexibility index (Phi) is 4.14. The van der Waals surface area contributed by atoms with Crippen LogP contribution in [0, 0.1) is 0 Å². The first-order chi connectivity index (χ1) is 7.09. The molecule has 1 aliphatic heterocycles. The Morgan fingerprint density at radius 1 is 1.60 bits per heavy atom. The molecular formula is C9H13NO5. The van der Waals surface area contributed by atoms with E-state index < -0.39 is 18.1 Å². The van der Waals surface area contributed by atoms with Gasteiger partial charge < -0.3 is 25.1 Å². The Morgan fingerprint density at radius 2 is 2.33 bits per heavy atom. The van der Waals surface area contributed by atoms with Crippen molar-refractivity contribution < 1.29 is 24.5 Å². The fraction of sp³-hybridized carbons (Fsp3) is 0.444. The van der Waals surface area contributed by atoms with Gasteiger partial charge in [-0.2, -0.15) is 0 Å². The fourth-order valence-corrected chi connectivity index (χ4v) is 1.18. The van der Waals surface area contributed by atoms with Gasteiger partial charge in [-0.05, 0) is 6.07 Å². The van der Waals surface area contributed by atoms with Crippen molar-refractivity contribution in [1.29, 1.82) is 0 Å². The van der Waals surface area contributed by atoms with Crippen LogP contribution in [0.2, 0.25) is 0 Å². The average Bonchev–Trinajstić information content (AvgIpc) is 2.77. The molecule has 0 aromatic carbocycles. The summed E-state index contributed by atoms with van der Waals surface area (Å²) in [5.74, 6) is -0.915. The second-order valence-electron chi connectivity index (χ2n) is 3.14. The van der Waals surface area contributed by atoms with Crippen molar-refractivity contribution in [2.45, 2.75) is 18.6 Å². The van der Waals surface area contributed by atoms with E-state index in [1.807, 2.05) is 0 Å². The summed E-state index contributed by atoms with van der Waals surface area (Å²) in [4.78, 5) is 10.2. The number of nitrogens with one attached hydrogen (secondary N) is 1. The predicted molar refractivity (Wildman–Crippen MR) is 50.4 cm³/mol. The first-order valence-corrected chi connectivity index (χ1v) is 4.46. The van der Waals surface area contributed by atoms with Gasteiger partial charge in [0.1, 0.15) is 6.04 Å². The number of rotatable bonds is 1. The van der Waals surface area contributed by atoms with Crippen LogP contribution in [0.25, 0.3) is 0 Å². The molecule has 0 unspecified atom stereocenters. The summed E-state index contributed by atoms with van der Waals surface area (Å²) in [7, 11) is 0. The number of carbonyl (C=O) groups is 1. The Labute approximate surface area is 86.1 Å². The van der Waals surface area contributed by atoms with Crippen LogP contribution in [0.1, 0.15) is 6.42 Å². The molecule has 2 atom stereocenters. The number of carboxylic acids is 1. The van der Waals surface area contributed by atoms with E-state index in [-0.39, 0.29) is 5.95 Å². The highest BCUT2D eigenvalue weighted by atomic mass is 16.5. The topological polar surface area (TPSA) is 103 Å². The standard InChI is InChI=1S/C5H9NO3.C4H4O2/c7-3-1-4(5(8)9)6-2-3;5-4-2-1-3-6-4/h3-4,6-7H,1-2H2,(H,8,9);1-3,5H/t3-,4+;/m1./s1. The highest BCUT2D eigenvalue weighted by Crippen LogP contribution is 2.05. The number of furan rings is 1. The van der Waals surface area contributed by atoms with Gasteiger partial charge in [-0.25, -0.2) is 0 Å². The molecule has 1 saturated heterocycles. The first-order valence-electron chi connectivity index (χ1n) is 4.46. The molecular weight excluding hydrogens is 202 g/mol. The summed E-state index contributed by atoms with van der Waals surface area (Å²) in [5.41, 5.74) is 0. The third-order valence-corrected chi connectivity index (χ3v) is 1.91. The first kappa shape index (κ1) is 11.5. The van der Waals surface area contributed by atoms with Crippen LogP contribution in [0.5, 0.6) is 5.95 Å². The van der Waals surface area contributed by atoms with Crippen LogP contribution < -0.4 is 5.32 Å². The van der Waals surface area contributed by atoms with Crippen LogP contribution >= 0.6 is 0 Å². The monoisotopic (exact) mass is 215 g/mol. The van der Waals surface area contributed by atoms with E-state index in [0.29, 0.717) is 13.0 Å². The Morgan fingerprint density at radius 3 is 2.53 bits per heavy atom. The highest BCUT2D eigenvalue weighted by Gasteiger charge is 2.27. The van der Waals surface area contributed by atoms with Crippen molar-refractivity contribution >= 4 is 5.97 Å². The lowest BCUT2D eigenvalue weighted by molar-refractivity contribution is -0.139. The van der Waals surface area contributed by atoms with Crippen molar-refractivity contribution in [3.63, 3.8) is 0 Å². The lowest BCUT2D eigenvalue weighted by Gasteiger charge is -1.99. The van der Waals surface area contributed by atoms with Crippen molar-refractivity contribution in [3.8, 4) is 5.95 Å². The van der Waals surface area contributed by atoms with Crippen LogP contribution in [0.15, 0.2) is 22.8 Å². The van der Waals surface area contributed by atoms with E-state index in [1.165, 1.54) is 12.3 Å². The molecule has 1 aromatic rings. The third-order valence-electron chi connectivity index (χ3n) is 1.91. The SMILES string of the molecule is O=C(O)[C@@H]1C[C@@H](O)CN1.Oc1ccco1. The number of β-amino-alcohol motifs (C(OH)–C–C–N with tert-alkyl or cyclic N) is 1. The average molecular weight is 215 g/mol. The van der Waals surface area contributed by atoms with Gasteiger partial charge in [-0.1, -0.05) is 0 Å². The summed E-state index contributed by atoms with van der Waals surface area (Å²) in [6, 6.07) is 2.55. The molecule has 15 heavy (non-hydrogen) atoms. The minimum Gasteiger partial charge on any atom is -0.481 e. The van der Waals surface area contributed by atoms with Gasteiger partial charge >= 0.3 is 5.97 Å². The van der Waals surface area contributed by atoms with Crippen LogP contribution in [-0.2, 0) is 4.79 Å². The number of aromatic hydroxyl groups is 1. The molecule has 84 valence electrons. The molecule has 6 heteroatoms. The Balaban J connectivity index is 0.000000162. The molecule has 1 aromatic heterocycles. The zero-order valence-corrected chi connectivity index (χ0v) is 7.96. The van der Waals surface area contributed by atoms with Crippen LogP contribution in [-0.4, -0.2) is 40.0 Å². The summed E-state index contributed by atoms with van der Waals surface area (Å²) >= 11 is 0. The van der Waals surface area contributed by atoms with Gasteiger partial charge in [-0.3, -0.25) is 4.79 Å². The lowest BCUT2D eigenvalue weighted by atomic mass is 10.2. The maximum Gasteiger partial charge on any atom is 0.320 e. The van der Waals surface area contributed by atoms with Gasteiger partial charge in [0.05, 0.1) is 12.4 Å². The maximum atomic E-state index is 10.2. The predicted octanol–water partition coefficient (Wildman–Crippen LogP) is -0.221. The molecule has 0 amide bonds.